The van der Waals surface area contributed by atoms with Gasteiger partial charge in [-0.1, -0.05) is 30.3 Å². The fourth-order valence-corrected chi connectivity index (χ4v) is 3.31. The van der Waals surface area contributed by atoms with Crippen LogP contribution >= 0.6 is 0 Å². The maximum atomic E-state index is 13.5. The van der Waals surface area contributed by atoms with Gasteiger partial charge in [0.2, 0.25) is 15.9 Å². The molecule has 27 heavy (non-hydrogen) atoms. The normalized spacial score (nSPS) is 11.6. The second kappa shape index (κ2) is 9.57. The highest BCUT2D eigenvalue weighted by Crippen LogP contribution is 2.10. The Morgan fingerprint density at radius 3 is 2.37 bits per heavy atom. The molecule has 0 saturated heterocycles. The molecular formula is C19H22F2N2O3S. The van der Waals surface area contributed by atoms with Gasteiger partial charge >= 0.3 is 0 Å². The lowest BCUT2D eigenvalue weighted by Crippen LogP contribution is -2.34. The van der Waals surface area contributed by atoms with Gasteiger partial charge in [0.25, 0.3) is 0 Å². The smallest absolute Gasteiger partial charge is 0.221 e. The molecule has 0 aromatic heterocycles. The third kappa shape index (κ3) is 7.07. The Hall–Kier alpha value is -2.32. The van der Waals surface area contributed by atoms with E-state index in [2.05, 4.69) is 5.32 Å². The number of amides is 1. The van der Waals surface area contributed by atoms with Gasteiger partial charge in [0, 0.05) is 26.1 Å². The summed E-state index contributed by atoms with van der Waals surface area (Å²) in [7, 11) is -3.53. The maximum Gasteiger partial charge on any atom is 0.221 e. The number of sulfonamides is 1. The first-order valence-corrected chi connectivity index (χ1v) is 10.3. The van der Waals surface area contributed by atoms with Crippen LogP contribution in [0.25, 0.3) is 0 Å². The van der Waals surface area contributed by atoms with Crippen LogP contribution in [-0.2, 0) is 27.8 Å². The number of nitrogens with zero attached hydrogens (tertiary/aromatic N) is 1. The standard InChI is InChI=1S/C19H22F2N2O3S/c1-27(25,26)23(14-15-6-8-17(20)9-7-15)13-11-19(24)22-12-10-16-4-2-3-5-18(16)21/h2-9H,10-14H2,1H3,(H,22,24). The summed E-state index contributed by atoms with van der Waals surface area (Å²) in [6.45, 7) is 0.319. The van der Waals surface area contributed by atoms with E-state index in [1.165, 1.54) is 30.3 Å². The third-order valence-corrected chi connectivity index (χ3v) is 5.25. The van der Waals surface area contributed by atoms with Crippen LogP contribution < -0.4 is 5.32 Å². The Balaban J connectivity index is 1.84. The van der Waals surface area contributed by atoms with Gasteiger partial charge in [0.05, 0.1) is 6.26 Å². The lowest BCUT2D eigenvalue weighted by atomic mass is 10.1. The van der Waals surface area contributed by atoms with E-state index in [1.54, 1.807) is 18.2 Å². The topological polar surface area (TPSA) is 66.5 Å². The summed E-state index contributed by atoms with van der Waals surface area (Å²) in [5, 5.41) is 2.66. The van der Waals surface area contributed by atoms with Gasteiger partial charge in [-0.25, -0.2) is 17.2 Å². The second-order valence-electron chi connectivity index (χ2n) is 6.16. The minimum atomic E-state index is -3.53. The zero-order chi connectivity index (χ0) is 19.9. The van der Waals surface area contributed by atoms with Crippen molar-refractivity contribution < 1.29 is 22.0 Å². The molecule has 146 valence electrons. The lowest BCUT2D eigenvalue weighted by molar-refractivity contribution is -0.121. The zero-order valence-corrected chi connectivity index (χ0v) is 15.8. The molecule has 0 spiro atoms. The summed E-state index contributed by atoms with van der Waals surface area (Å²) < 4.78 is 51.5. The Kier molecular flexibility index (Phi) is 7.44. The SMILES string of the molecule is CS(=O)(=O)N(CCC(=O)NCCc1ccccc1F)Cc1ccc(F)cc1. The van der Waals surface area contributed by atoms with E-state index < -0.39 is 15.8 Å². The molecule has 2 aromatic carbocycles. The molecule has 0 aliphatic heterocycles. The highest BCUT2D eigenvalue weighted by molar-refractivity contribution is 7.88. The highest BCUT2D eigenvalue weighted by atomic mass is 32.2. The fourth-order valence-electron chi connectivity index (χ4n) is 2.51. The van der Waals surface area contributed by atoms with Crippen molar-refractivity contribution in [3.63, 3.8) is 0 Å². The van der Waals surface area contributed by atoms with E-state index in [1.807, 2.05) is 0 Å². The zero-order valence-electron chi connectivity index (χ0n) is 15.0. The van der Waals surface area contributed by atoms with Gasteiger partial charge in [0.15, 0.2) is 0 Å². The van der Waals surface area contributed by atoms with Gasteiger partial charge in [-0.3, -0.25) is 4.79 Å². The third-order valence-electron chi connectivity index (χ3n) is 4.00. The van der Waals surface area contributed by atoms with Crippen LogP contribution in [0.2, 0.25) is 0 Å². The van der Waals surface area contributed by atoms with Crippen LogP contribution in [0.1, 0.15) is 17.5 Å². The highest BCUT2D eigenvalue weighted by Gasteiger charge is 2.18. The minimum absolute atomic E-state index is 0.00173. The summed E-state index contributed by atoms with van der Waals surface area (Å²) in [6.07, 6.45) is 1.39. The summed E-state index contributed by atoms with van der Waals surface area (Å²) in [5.74, 6) is -1.05. The van der Waals surface area contributed by atoms with Crippen molar-refractivity contribution in [3.8, 4) is 0 Å². The van der Waals surface area contributed by atoms with Gasteiger partial charge in [-0.2, -0.15) is 4.31 Å². The molecule has 0 aliphatic rings. The molecular weight excluding hydrogens is 374 g/mol. The summed E-state index contributed by atoms with van der Waals surface area (Å²) in [6, 6.07) is 11.8. The van der Waals surface area contributed by atoms with Crippen LogP contribution in [0.4, 0.5) is 8.78 Å². The summed E-state index contributed by atoms with van der Waals surface area (Å²) in [5.41, 5.74) is 1.13. The number of carbonyl (C=O) groups excluding carboxylic acids is 1. The van der Waals surface area contributed by atoms with Crippen molar-refractivity contribution in [1.82, 2.24) is 9.62 Å². The van der Waals surface area contributed by atoms with Crippen LogP contribution in [0.15, 0.2) is 48.5 Å². The summed E-state index contributed by atoms with van der Waals surface area (Å²) >= 11 is 0. The van der Waals surface area contributed by atoms with Gasteiger partial charge < -0.3 is 5.32 Å². The number of rotatable bonds is 9. The molecule has 0 heterocycles. The van der Waals surface area contributed by atoms with Crippen LogP contribution in [0.3, 0.4) is 0 Å². The molecule has 0 fully saturated rings. The molecule has 1 amide bonds. The van der Waals surface area contributed by atoms with Gasteiger partial charge in [-0.15, -0.1) is 0 Å². The van der Waals surface area contributed by atoms with Crippen molar-refractivity contribution >= 4 is 15.9 Å². The maximum absolute atomic E-state index is 13.5. The first-order valence-electron chi connectivity index (χ1n) is 8.45. The number of carbonyl (C=O) groups is 1. The van der Waals surface area contributed by atoms with Crippen molar-refractivity contribution in [2.75, 3.05) is 19.3 Å². The summed E-state index contributed by atoms with van der Waals surface area (Å²) in [4.78, 5) is 12.0. The van der Waals surface area contributed by atoms with E-state index in [0.717, 1.165) is 10.6 Å². The van der Waals surface area contributed by atoms with Crippen LogP contribution in [-0.4, -0.2) is 38.0 Å². The van der Waals surface area contributed by atoms with E-state index in [0.29, 0.717) is 17.5 Å². The molecule has 0 bridgehead atoms. The minimum Gasteiger partial charge on any atom is -0.356 e. The molecule has 0 saturated carbocycles. The monoisotopic (exact) mass is 396 g/mol. The molecule has 2 aromatic rings. The Bertz CT molecular complexity index is 871. The molecule has 0 aliphatic carbocycles. The van der Waals surface area contributed by atoms with E-state index >= 15 is 0 Å². The number of benzene rings is 2. The Labute approximate surface area is 158 Å². The molecule has 0 unspecified atom stereocenters. The average molecular weight is 396 g/mol. The van der Waals surface area contributed by atoms with Crippen molar-refractivity contribution in [2.45, 2.75) is 19.4 Å². The molecule has 0 radical (unpaired) electrons. The van der Waals surface area contributed by atoms with Crippen molar-refractivity contribution in [1.29, 1.82) is 0 Å². The first kappa shape index (κ1) is 21.0. The van der Waals surface area contributed by atoms with Gasteiger partial charge in [-0.05, 0) is 35.7 Å². The van der Waals surface area contributed by atoms with Crippen LogP contribution in [0, 0.1) is 11.6 Å². The molecule has 5 nitrogen and oxygen atoms in total. The Morgan fingerprint density at radius 2 is 1.74 bits per heavy atom. The number of hydrogen-bond acceptors (Lipinski definition) is 3. The van der Waals surface area contributed by atoms with Crippen LogP contribution in [0.5, 0.6) is 0 Å². The first-order chi connectivity index (χ1) is 12.8. The fraction of sp³-hybridized carbons (Fsp3) is 0.316. The largest absolute Gasteiger partial charge is 0.356 e. The quantitative estimate of drug-likeness (QED) is 0.708. The number of halogens is 2. The van der Waals surface area contributed by atoms with E-state index in [9.17, 15) is 22.0 Å². The predicted octanol–water partition coefficient (Wildman–Crippen LogP) is 2.48. The molecule has 1 N–H and O–H groups in total. The second-order valence-corrected chi connectivity index (χ2v) is 8.15. The number of hydrogen-bond donors (Lipinski definition) is 1. The van der Waals surface area contributed by atoms with E-state index in [-0.39, 0.29) is 37.8 Å². The number of nitrogens with one attached hydrogen (secondary N) is 1. The van der Waals surface area contributed by atoms with E-state index in [4.69, 9.17) is 0 Å². The van der Waals surface area contributed by atoms with Crippen molar-refractivity contribution in [3.05, 3.63) is 71.3 Å². The lowest BCUT2D eigenvalue weighted by Gasteiger charge is -2.20. The Morgan fingerprint density at radius 1 is 1.07 bits per heavy atom. The van der Waals surface area contributed by atoms with Crippen molar-refractivity contribution in [2.24, 2.45) is 0 Å². The molecule has 2 rings (SSSR count). The predicted molar refractivity (Wildman–Crippen MR) is 99.4 cm³/mol. The molecule has 8 heteroatoms. The van der Waals surface area contributed by atoms with Gasteiger partial charge in [0.1, 0.15) is 11.6 Å². The average Bonchev–Trinajstić information content (AvgIpc) is 2.61. The molecule has 0 atom stereocenters.